The lowest BCUT2D eigenvalue weighted by molar-refractivity contribution is -0.145. The quantitative estimate of drug-likeness (QED) is 0.787. The van der Waals surface area contributed by atoms with E-state index in [-0.39, 0.29) is 0 Å². The van der Waals surface area contributed by atoms with Crippen LogP contribution in [-0.4, -0.2) is 47.2 Å². The van der Waals surface area contributed by atoms with Crippen molar-refractivity contribution in [1.29, 1.82) is 0 Å². The summed E-state index contributed by atoms with van der Waals surface area (Å²) in [5, 5.41) is 12.6. The molecular weight excluding hydrogens is 252 g/mol. The second-order valence-electron chi connectivity index (χ2n) is 7.57. The Kier molecular flexibility index (Phi) is 5.61. The summed E-state index contributed by atoms with van der Waals surface area (Å²) < 4.78 is 0. The molecule has 0 radical (unpaired) electrons. The van der Waals surface area contributed by atoms with Gasteiger partial charge in [0.1, 0.15) is 5.54 Å². The molecule has 1 heterocycles. The molecule has 0 spiro atoms. The topological polar surface area (TPSA) is 52.6 Å². The van der Waals surface area contributed by atoms with Crippen molar-refractivity contribution in [1.82, 2.24) is 10.2 Å². The van der Waals surface area contributed by atoms with Gasteiger partial charge in [-0.1, -0.05) is 27.7 Å². The number of hydrogen-bond acceptors (Lipinski definition) is 3. The summed E-state index contributed by atoms with van der Waals surface area (Å²) in [6, 6.07) is 0.294. The normalized spacial score (nSPS) is 25.4. The number of carbonyl (C=O) groups is 1. The maximum atomic E-state index is 11.5. The molecule has 0 aromatic rings. The van der Waals surface area contributed by atoms with Crippen LogP contribution in [0.3, 0.4) is 0 Å². The Bertz CT molecular complexity index is 338. The first kappa shape index (κ1) is 17.4. The van der Waals surface area contributed by atoms with Crippen LogP contribution in [0.15, 0.2) is 0 Å². The fraction of sp³-hybridized carbons (Fsp3) is 0.938. The largest absolute Gasteiger partial charge is 0.480 e. The molecule has 1 aliphatic rings. The third kappa shape index (κ3) is 4.19. The van der Waals surface area contributed by atoms with Gasteiger partial charge >= 0.3 is 5.97 Å². The minimum absolute atomic E-state index is 0.294. The molecular formula is C16H32N2O2. The molecule has 1 rings (SSSR count). The number of rotatable bonds is 6. The lowest BCUT2D eigenvalue weighted by Crippen LogP contribution is -2.53. The molecule has 0 aliphatic carbocycles. The molecule has 3 atom stereocenters. The van der Waals surface area contributed by atoms with Gasteiger partial charge in [0.15, 0.2) is 0 Å². The van der Waals surface area contributed by atoms with Gasteiger partial charge in [-0.3, -0.25) is 4.79 Å². The molecule has 2 N–H and O–H groups in total. The Hall–Kier alpha value is -0.610. The summed E-state index contributed by atoms with van der Waals surface area (Å²) in [4.78, 5) is 14.0. The van der Waals surface area contributed by atoms with E-state index in [2.05, 4.69) is 37.9 Å². The molecule has 0 aromatic heterocycles. The number of nitrogens with one attached hydrogen (secondary N) is 1. The number of carboxylic acids is 1. The Labute approximate surface area is 123 Å². The zero-order chi connectivity index (χ0) is 15.6. The SMILES string of the molecule is CCNC(C)(CC(C)N1CCC(C(C)(C)C)C1)C(=O)O. The van der Waals surface area contributed by atoms with Crippen LogP contribution in [0.4, 0.5) is 0 Å². The number of hydrogen-bond donors (Lipinski definition) is 2. The van der Waals surface area contributed by atoms with Gasteiger partial charge in [-0.25, -0.2) is 0 Å². The van der Waals surface area contributed by atoms with Crippen LogP contribution in [0, 0.1) is 11.3 Å². The fourth-order valence-corrected chi connectivity index (χ4v) is 3.24. The monoisotopic (exact) mass is 284 g/mol. The standard InChI is InChI=1S/C16H32N2O2/c1-7-17-16(6,14(19)20)10-12(2)18-9-8-13(11-18)15(3,4)5/h12-13,17H,7-11H2,1-6H3,(H,19,20). The predicted octanol–water partition coefficient (Wildman–Crippen LogP) is 2.59. The molecule has 0 bridgehead atoms. The number of aliphatic carboxylic acids is 1. The first-order chi connectivity index (χ1) is 9.10. The van der Waals surface area contributed by atoms with Gasteiger partial charge in [0.05, 0.1) is 0 Å². The zero-order valence-corrected chi connectivity index (χ0v) is 14.0. The van der Waals surface area contributed by atoms with Crippen LogP contribution >= 0.6 is 0 Å². The average molecular weight is 284 g/mol. The molecule has 0 amide bonds. The molecule has 118 valence electrons. The highest BCUT2D eigenvalue weighted by Gasteiger charge is 2.38. The van der Waals surface area contributed by atoms with E-state index in [4.69, 9.17) is 0 Å². The van der Waals surface area contributed by atoms with Crippen LogP contribution in [0.5, 0.6) is 0 Å². The van der Waals surface area contributed by atoms with Gasteiger partial charge < -0.3 is 15.3 Å². The van der Waals surface area contributed by atoms with Crippen molar-refractivity contribution >= 4 is 5.97 Å². The number of nitrogens with zero attached hydrogens (tertiary/aromatic N) is 1. The molecule has 4 nitrogen and oxygen atoms in total. The average Bonchev–Trinajstić information content (AvgIpc) is 2.77. The van der Waals surface area contributed by atoms with Crippen molar-refractivity contribution in [3.63, 3.8) is 0 Å². The van der Waals surface area contributed by atoms with Crippen molar-refractivity contribution < 1.29 is 9.90 Å². The van der Waals surface area contributed by atoms with E-state index >= 15 is 0 Å². The lowest BCUT2D eigenvalue weighted by Gasteiger charge is -2.34. The van der Waals surface area contributed by atoms with Gasteiger partial charge in [-0.05, 0) is 51.1 Å². The maximum absolute atomic E-state index is 11.5. The van der Waals surface area contributed by atoms with E-state index in [0.717, 1.165) is 13.1 Å². The smallest absolute Gasteiger partial charge is 0.323 e. The van der Waals surface area contributed by atoms with Gasteiger partial charge in [-0.15, -0.1) is 0 Å². The van der Waals surface area contributed by atoms with Gasteiger partial charge in [0.2, 0.25) is 0 Å². The van der Waals surface area contributed by atoms with Crippen LogP contribution in [0.1, 0.15) is 54.4 Å². The van der Waals surface area contributed by atoms with Crippen molar-refractivity contribution in [2.75, 3.05) is 19.6 Å². The number of carboxylic acid groups (broad SMARTS) is 1. The van der Waals surface area contributed by atoms with Crippen molar-refractivity contribution in [3.05, 3.63) is 0 Å². The summed E-state index contributed by atoms with van der Waals surface area (Å²) in [5.74, 6) is -0.0436. The minimum Gasteiger partial charge on any atom is -0.480 e. The molecule has 4 heteroatoms. The third-order valence-electron chi connectivity index (χ3n) is 4.81. The van der Waals surface area contributed by atoms with Crippen LogP contribution in [0.2, 0.25) is 0 Å². The molecule has 0 aromatic carbocycles. The van der Waals surface area contributed by atoms with E-state index in [1.807, 2.05) is 6.92 Å². The third-order valence-corrected chi connectivity index (χ3v) is 4.81. The van der Waals surface area contributed by atoms with Crippen molar-refractivity contribution in [3.8, 4) is 0 Å². The summed E-state index contributed by atoms with van der Waals surface area (Å²) in [6.45, 7) is 15.7. The molecule has 1 saturated heterocycles. The lowest BCUT2D eigenvalue weighted by atomic mass is 9.80. The number of likely N-dealkylation sites (tertiary alicyclic amines) is 1. The highest BCUT2D eigenvalue weighted by atomic mass is 16.4. The second kappa shape index (κ2) is 6.44. The summed E-state index contributed by atoms with van der Waals surface area (Å²) in [5.41, 5.74) is -0.486. The predicted molar refractivity (Wildman–Crippen MR) is 82.9 cm³/mol. The van der Waals surface area contributed by atoms with E-state index in [9.17, 15) is 9.90 Å². The summed E-state index contributed by atoms with van der Waals surface area (Å²) in [6.07, 6.45) is 1.87. The van der Waals surface area contributed by atoms with Crippen molar-refractivity contribution in [2.45, 2.75) is 66.0 Å². The van der Waals surface area contributed by atoms with E-state index < -0.39 is 11.5 Å². The molecule has 3 unspecified atom stereocenters. The van der Waals surface area contributed by atoms with Crippen LogP contribution < -0.4 is 5.32 Å². The molecule has 0 saturated carbocycles. The summed E-state index contributed by atoms with van der Waals surface area (Å²) in [7, 11) is 0. The first-order valence-corrected chi connectivity index (χ1v) is 7.82. The molecule has 20 heavy (non-hydrogen) atoms. The number of likely N-dealkylation sites (N-methyl/N-ethyl adjacent to an activating group) is 1. The first-order valence-electron chi connectivity index (χ1n) is 7.82. The second-order valence-corrected chi connectivity index (χ2v) is 7.57. The van der Waals surface area contributed by atoms with Gasteiger partial charge in [0.25, 0.3) is 0 Å². The highest BCUT2D eigenvalue weighted by molar-refractivity contribution is 5.78. The molecule has 1 aliphatic heterocycles. The van der Waals surface area contributed by atoms with Crippen LogP contribution in [0.25, 0.3) is 0 Å². The van der Waals surface area contributed by atoms with Crippen molar-refractivity contribution in [2.24, 2.45) is 11.3 Å². The minimum atomic E-state index is -0.825. The Morgan fingerprint density at radius 2 is 2.00 bits per heavy atom. The van der Waals surface area contributed by atoms with E-state index in [0.29, 0.717) is 30.3 Å². The molecule has 1 fully saturated rings. The Morgan fingerprint density at radius 3 is 2.40 bits per heavy atom. The van der Waals surface area contributed by atoms with Crippen LogP contribution in [-0.2, 0) is 4.79 Å². The highest BCUT2D eigenvalue weighted by Crippen LogP contribution is 2.35. The van der Waals surface area contributed by atoms with E-state index in [1.54, 1.807) is 6.92 Å². The van der Waals surface area contributed by atoms with Gasteiger partial charge in [0, 0.05) is 12.6 Å². The Balaban J connectivity index is 2.63. The Morgan fingerprint density at radius 1 is 1.40 bits per heavy atom. The maximum Gasteiger partial charge on any atom is 0.323 e. The zero-order valence-electron chi connectivity index (χ0n) is 14.0. The summed E-state index contributed by atoms with van der Waals surface area (Å²) >= 11 is 0. The van der Waals surface area contributed by atoms with E-state index in [1.165, 1.54) is 6.42 Å². The van der Waals surface area contributed by atoms with Gasteiger partial charge in [-0.2, -0.15) is 0 Å². The fourth-order valence-electron chi connectivity index (χ4n) is 3.24.